The number of aromatic nitrogens is 5. The fourth-order valence-corrected chi connectivity index (χ4v) is 3.98. The Labute approximate surface area is 172 Å². The van der Waals surface area contributed by atoms with Crippen LogP contribution in [0.15, 0.2) is 41.6 Å². The molecule has 0 atom stereocenters. The van der Waals surface area contributed by atoms with Crippen LogP contribution in [0.5, 0.6) is 0 Å². The van der Waals surface area contributed by atoms with Crippen LogP contribution in [-0.2, 0) is 0 Å². The molecule has 0 amide bonds. The quantitative estimate of drug-likeness (QED) is 0.548. The molecule has 1 aliphatic heterocycles. The van der Waals surface area contributed by atoms with E-state index in [1.165, 1.54) is 10.5 Å². The van der Waals surface area contributed by atoms with E-state index >= 15 is 0 Å². The molecule has 30 heavy (non-hydrogen) atoms. The van der Waals surface area contributed by atoms with Gasteiger partial charge in [0, 0.05) is 49.3 Å². The second kappa shape index (κ2) is 6.60. The van der Waals surface area contributed by atoms with Gasteiger partial charge in [-0.05, 0) is 39.0 Å². The van der Waals surface area contributed by atoms with E-state index in [1.807, 2.05) is 6.07 Å². The van der Waals surface area contributed by atoms with Gasteiger partial charge in [-0.3, -0.25) is 0 Å². The standard InChI is InChI=1S/C21H22FN7O/c1-13-9-28-10-14(8-16(22)19(28)24-13)18-25-17-5-4-15(11-29(17)20(30)26-18)27-7-6-23-21(2,3)12-27/h4-5,8-11,23H,6-7,12H2,1-3H3. The maximum Gasteiger partial charge on any atom is 0.355 e. The van der Waals surface area contributed by atoms with E-state index in [2.05, 4.69) is 39.0 Å². The Morgan fingerprint density at radius 2 is 1.97 bits per heavy atom. The van der Waals surface area contributed by atoms with Crippen molar-refractivity contribution in [1.82, 2.24) is 29.1 Å². The average molecular weight is 407 g/mol. The van der Waals surface area contributed by atoms with Crippen molar-refractivity contribution in [2.75, 3.05) is 24.5 Å². The lowest BCUT2D eigenvalue weighted by Gasteiger charge is -2.40. The molecule has 0 aliphatic carbocycles. The van der Waals surface area contributed by atoms with Gasteiger partial charge in [-0.1, -0.05) is 0 Å². The van der Waals surface area contributed by atoms with Crippen molar-refractivity contribution in [1.29, 1.82) is 0 Å². The van der Waals surface area contributed by atoms with Gasteiger partial charge in [0.05, 0.1) is 11.4 Å². The topological polar surface area (TPSA) is 79.8 Å². The Balaban J connectivity index is 1.57. The van der Waals surface area contributed by atoms with Crippen LogP contribution in [0, 0.1) is 12.7 Å². The lowest BCUT2D eigenvalue weighted by atomic mass is 10.0. The Morgan fingerprint density at radius 1 is 1.13 bits per heavy atom. The predicted molar refractivity (Wildman–Crippen MR) is 112 cm³/mol. The van der Waals surface area contributed by atoms with Crippen molar-refractivity contribution >= 4 is 17.0 Å². The van der Waals surface area contributed by atoms with E-state index in [-0.39, 0.29) is 17.0 Å². The molecule has 0 aromatic carbocycles. The third-order valence-corrected chi connectivity index (χ3v) is 5.36. The summed E-state index contributed by atoms with van der Waals surface area (Å²) < 4.78 is 17.5. The Bertz CT molecular complexity index is 1340. The first-order valence-corrected chi connectivity index (χ1v) is 9.85. The van der Waals surface area contributed by atoms with Gasteiger partial charge in [-0.2, -0.15) is 4.98 Å². The van der Waals surface area contributed by atoms with E-state index in [9.17, 15) is 9.18 Å². The Kier molecular flexibility index (Phi) is 4.11. The van der Waals surface area contributed by atoms with Crippen molar-refractivity contribution in [3.8, 4) is 11.4 Å². The molecule has 1 aliphatic rings. The number of hydrogen-bond donors (Lipinski definition) is 1. The normalized spacial score (nSPS) is 16.5. The molecule has 0 bridgehead atoms. The second-order valence-corrected chi connectivity index (χ2v) is 8.37. The summed E-state index contributed by atoms with van der Waals surface area (Å²) in [5, 5.41) is 3.48. The van der Waals surface area contributed by atoms with Gasteiger partial charge in [-0.25, -0.2) is 23.6 Å². The SMILES string of the molecule is Cc1cn2cc(-c3nc(=O)n4cc(N5CCNC(C)(C)C5)ccc4n3)cc(F)c2n1. The number of nitrogens with one attached hydrogen (secondary N) is 1. The fraction of sp³-hybridized carbons (Fsp3) is 0.333. The number of pyridine rings is 2. The molecule has 0 saturated carbocycles. The monoisotopic (exact) mass is 407 g/mol. The van der Waals surface area contributed by atoms with Gasteiger partial charge in [0.2, 0.25) is 0 Å². The number of aryl methyl sites for hydroxylation is 1. The third-order valence-electron chi connectivity index (χ3n) is 5.36. The zero-order chi connectivity index (χ0) is 21.0. The van der Waals surface area contributed by atoms with Crippen LogP contribution in [0.4, 0.5) is 10.1 Å². The summed E-state index contributed by atoms with van der Waals surface area (Å²) in [5.74, 6) is -0.302. The van der Waals surface area contributed by atoms with Gasteiger partial charge in [-0.15, -0.1) is 0 Å². The molecular formula is C21H22FN7O. The number of nitrogens with zero attached hydrogens (tertiary/aromatic N) is 6. The van der Waals surface area contributed by atoms with E-state index in [1.54, 1.807) is 36.0 Å². The Morgan fingerprint density at radius 3 is 2.77 bits per heavy atom. The zero-order valence-corrected chi connectivity index (χ0v) is 17.1. The number of hydrogen-bond acceptors (Lipinski definition) is 6. The number of rotatable bonds is 2. The first-order chi connectivity index (χ1) is 14.3. The molecule has 1 N–H and O–H groups in total. The van der Waals surface area contributed by atoms with Crippen molar-refractivity contribution in [2.24, 2.45) is 0 Å². The molecule has 154 valence electrons. The Hall–Kier alpha value is -3.33. The maximum atomic E-state index is 14.4. The van der Waals surface area contributed by atoms with E-state index in [4.69, 9.17) is 0 Å². The van der Waals surface area contributed by atoms with Crippen LogP contribution in [0.2, 0.25) is 0 Å². The zero-order valence-electron chi connectivity index (χ0n) is 17.1. The highest BCUT2D eigenvalue weighted by Crippen LogP contribution is 2.22. The van der Waals surface area contributed by atoms with Crippen molar-refractivity contribution < 1.29 is 4.39 Å². The largest absolute Gasteiger partial charge is 0.367 e. The van der Waals surface area contributed by atoms with Crippen LogP contribution in [-0.4, -0.2) is 48.9 Å². The summed E-state index contributed by atoms with van der Waals surface area (Å²) in [7, 11) is 0. The van der Waals surface area contributed by atoms with Gasteiger partial charge in [0.25, 0.3) is 0 Å². The average Bonchev–Trinajstić information content (AvgIpc) is 3.08. The number of fused-ring (bicyclic) bond motifs is 2. The molecule has 5 rings (SSSR count). The van der Waals surface area contributed by atoms with Crippen LogP contribution < -0.4 is 15.9 Å². The first-order valence-electron chi connectivity index (χ1n) is 9.85. The summed E-state index contributed by atoms with van der Waals surface area (Å²) in [6.45, 7) is 8.65. The lowest BCUT2D eigenvalue weighted by Crippen LogP contribution is -2.57. The fourth-order valence-electron chi connectivity index (χ4n) is 3.98. The molecular weight excluding hydrogens is 385 g/mol. The van der Waals surface area contributed by atoms with Crippen LogP contribution in [0.1, 0.15) is 19.5 Å². The van der Waals surface area contributed by atoms with E-state index < -0.39 is 11.5 Å². The van der Waals surface area contributed by atoms with Crippen LogP contribution >= 0.6 is 0 Å². The van der Waals surface area contributed by atoms with Crippen LogP contribution in [0.3, 0.4) is 0 Å². The highest BCUT2D eigenvalue weighted by atomic mass is 19.1. The summed E-state index contributed by atoms with van der Waals surface area (Å²) in [4.78, 5) is 27.7. The summed E-state index contributed by atoms with van der Waals surface area (Å²) in [6.07, 6.45) is 5.17. The van der Waals surface area contributed by atoms with E-state index in [0.717, 1.165) is 25.3 Å². The molecule has 0 radical (unpaired) electrons. The van der Waals surface area contributed by atoms with Gasteiger partial charge in [0.1, 0.15) is 5.65 Å². The van der Waals surface area contributed by atoms with Crippen molar-refractivity contribution in [3.05, 3.63) is 58.8 Å². The molecule has 9 heteroatoms. The number of piperazine rings is 1. The smallest absolute Gasteiger partial charge is 0.355 e. The molecule has 0 spiro atoms. The van der Waals surface area contributed by atoms with Gasteiger partial charge >= 0.3 is 5.69 Å². The molecule has 4 aromatic rings. The summed E-state index contributed by atoms with van der Waals surface area (Å²) in [5.41, 5.74) is 2.31. The van der Waals surface area contributed by atoms with Crippen LogP contribution in [0.25, 0.3) is 22.7 Å². The minimum absolute atomic E-state index is 0.00702. The van der Waals surface area contributed by atoms with Crippen molar-refractivity contribution in [3.63, 3.8) is 0 Å². The molecule has 4 aromatic heterocycles. The van der Waals surface area contributed by atoms with E-state index in [0.29, 0.717) is 16.9 Å². The molecule has 1 saturated heterocycles. The molecule has 8 nitrogen and oxygen atoms in total. The minimum atomic E-state index is -0.485. The predicted octanol–water partition coefficient (Wildman–Crippen LogP) is 2.04. The maximum absolute atomic E-state index is 14.4. The lowest BCUT2D eigenvalue weighted by molar-refractivity contribution is 0.353. The van der Waals surface area contributed by atoms with Gasteiger partial charge < -0.3 is 14.6 Å². The second-order valence-electron chi connectivity index (χ2n) is 8.37. The summed E-state index contributed by atoms with van der Waals surface area (Å²) >= 11 is 0. The molecule has 5 heterocycles. The highest BCUT2D eigenvalue weighted by molar-refractivity contribution is 5.61. The first kappa shape index (κ1) is 18.7. The number of imidazole rings is 1. The number of halogens is 1. The van der Waals surface area contributed by atoms with Gasteiger partial charge in [0.15, 0.2) is 17.3 Å². The highest BCUT2D eigenvalue weighted by Gasteiger charge is 2.26. The number of anilines is 1. The summed E-state index contributed by atoms with van der Waals surface area (Å²) in [6, 6.07) is 5.06. The molecule has 0 unspecified atom stereocenters. The van der Waals surface area contributed by atoms with Crippen molar-refractivity contribution in [2.45, 2.75) is 26.3 Å². The minimum Gasteiger partial charge on any atom is -0.367 e. The third kappa shape index (κ3) is 3.21. The molecule has 1 fully saturated rings.